The molecule has 12 heteroatoms. The van der Waals surface area contributed by atoms with Gasteiger partial charge in [-0.2, -0.15) is 0 Å². The van der Waals surface area contributed by atoms with Gasteiger partial charge in [0.25, 0.3) is 11.5 Å². The second kappa shape index (κ2) is 14.5. The second-order valence-corrected chi connectivity index (χ2v) is 14.2. The molecule has 3 aromatic carbocycles. The molecule has 10 nitrogen and oxygen atoms in total. The van der Waals surface area contributed by atoms with E-state index < -0.39 is 6.10 Å². The van der Waals surface area contributed by atoms with E-state index in [9.17, 15) is 9.59 Å². The number of H-pyrrole nitrogens is 1. The molecular formula is C37H43Cl2N7O3. The minimum atomic E-state index is -0.707. The van der Waals surface area contributed by atoms with Crippen molar-refractivity contribution in [1.29, 1.82) is 0 Å². The summed E-state index contributed by atoms with van der Waals surface area (Å²) < 4.78 is 9.33. The average molecular weight is 705 g/mol. The quantitative estimate of drug-likeness (QED) is 0.113. The number of benzene rings is 3. The highest BCUT2D eigenvalue weighted by molar-refractivity contribution is 6.36. The van der Waals surface area contributed by atoms with Gasteiger partial charge < -0.3 is 15.4 Å². The monoisotopic (exact) mass is 703 g/mol. The van der Waals surface area contributed by atoms with E-state index in [1.165, 1.54) is 27.5 Å². The molecule has 2 aromatic heterocycles. The van der Waals surface area contributed by atoms with E-state index in [4.69, 9.17) is 27.9 Å². The lowest BCUT2D eigenvalue weighted by Gasteiger charge is -2.31. The zero-order valence-electron chi connectivity index (χ0n) is 28.9. The van der Waals surface area contributed by atoms with Gasteiger partial charge in [-0.1, -0.05) is 83.8 Å². The molecule has 0 spiro atoms. The molecule has 258 valence electrons. The van der Waals surface area contributed by atoms with Crippen LogP contribution >= 0.6 is 23.2 Å². The zero-order chi connectivity index (χ0) is 35.5. The number of nitrogens with one attached hydrogen (secondary N) is 3. The number of nitrogens with zero attached hydrogens (tertiary/aromatic N) is 4. The summed E-state index contributed by atoms with van der Waals surface area (Å²) in [5, 5.41) is 17.9. The van der Waals surface area contributed by atoms with Gasteiger partial charge in [0.2, 0.25) is 0 Å². The van der Waals surface area contributed by atoms with E-state index in [0.717, 1.165) is 24.2 Å². The van der Waals surface area contributed by atoms with E-state index in [1.807, 2.05) is 13.0 Å². The topological polar surface area (TPSA) is 119 Å². The standard InChI is InChI=1S/C37H43Cl2N7O3/c1-8-30(49-31-18-11-23(36(4,5)9-2)19-27(31)37(6,7)10-3)34(47)42-25-13-15-26(16-14-25)46-35(48)32(45-21-40-41-22-45)33(44-46)43-29-17-12-24(38)20-28(29)39/h11-22,30,43-44H,8-10H2,1-7H3,(H,42,47). The Hall–Kier alpha value is -4.54. The maximum Gasteiger partial charge on any atom is 0.297 e. The SMILES string of the molecule is CCC(Oc1ccc(C(C)(C)CC)cc1C(C)(C)CC)C(=O)Nc1ccc(-n2[nH]c(Nc3ccc(Cl)cc3Cl)c(-n3cnnc3)c2=O)cc1. The lowest BCUT2D eigenvalue weighted by Crippen LogP contribution is -2.33. The molecule has 5 rings (SSSR count). The number of ether oxygens (including phenoxy) is 1. The summed E-state index contributed by atoms with van der Waals surface area (Å²) in [4.78, 5) is 27.2. The lowest BCUT2D eigenvalue weighted by atomic mass is 9.76. The Kier molecular flexibility index (Phi) is 10.6. The number of rotatable bonds is 13. The van der Waals surface area contributed by atoms with Crippen LogP contribution in [0.4, 0.5) is 17.2 Å². The lowest BCUT2D eigenvalue weighted by molar-refractivity contribution is -0.122. The zero-order valence-corrected chi connectivity index (χ0v) is 30.4. The molecule has 0 aliphatic heterocycles. The van der Waals surface area contributed by atoms with Crippen LogP contribution in [-0.2, 0) is 15.6 Å². The number of aromatic nitrogens is 5. The number of hydrogen-bond donors (Lipinski definition) is 3. The van der Waals surface area contributed by atoms with Gasteiger partial charge in [0.1, 0.15) is 18.4 Å². The van der Waals surface area contributed by atoms with E-state index >= 15 is 0 Å². The van der Waals surface area contributed by atoms with Crippen molar-refractivity contribution in [3.8, 4) is 17.1 Å². The van der Waals surface area contributed by atoms with Crippen LogP contribution in [0.15, 0.2) is 78.1 Å². The van der Waals surface area contributed by atoms with Crippen LogP contribution in [0.3, 0.4) is 0 Å². The van der Waals surface area contributed by atoms with Gasteiger partial charge in [-0.15, -0.1) is 10.2 Å². The molecule has 1 unspecified atom stereocenters. The molecule has 3 N–H and O–H groups in total. The molecule has 0 radical (unpaired) electrons. The number of anilines is 3. The van der Waals surface area contributed by atoms with Crippen molar-refractivity contribution >= 4 is 46.3 Å². The van der Waals surface area contributed by atoms with Crippen molar-refractivity contribution in [2.24, 2.45) is 0 Å². The van der Waals surface area contributed by atoms with Crippen molar-refractivity contribution in [2.45, 2.75) is 84.7 Å². The van der Waals surface area contributed by atoms with Crippen molar-refractivity contribution in [2.75, 3.05) is 10.6 Å². The van der Waals surface area contributed by atoms with Crippen molar-refractivity contribution < 1.29 is 9.53 Å². The second-order valence-electron chi connectivity index (χ2n) is 13.3. The molecule has 1 amide bonds. The minimum Gasteiger partial charge on any atom is -0.480 e. The van der Waals surface area contributed by atoms with Crippen molar-refractivity contribution in [3.63, 3.8) is 0 Å². The highest BCUT2D eigenvalue weighted by Crippen LogP contribution is 2.39. The van der Waals surface area contributed by atoms with Crippen LogP contribution in [0.1, 0.15) is 78.9 Å². The maximum atomic E-state index is 13.7. The molecule has 2 heterocycles. The summed E-state index contributed by atoms with van der Waals surface area (Å²) in [5.74, 6) is 0.831. The first-order valence-electron chi connectivity index (χ1n) is 16.4. The Morgan fingerprint density at radius 3 is 2.20 bits per heavy atom. The summed E-state index contributed by atoms with van der Waals surface area (Å²) in [6.07, 6.45) is 4.57. The third-order valence-corrected chi connectivity index (χ3v) is 9.87. The third-order valence-electron chi connectivity index (χ3n) is 9.32. The summed E-state index contributed by atoms with van der Waals surface area (Å²) in [5.41, 5.74) is 3.79. The van der Waals surface area contributed by atoms with Crippen LogP contribution in [0, 0.1) is 0 Å². The van der Waals surface area contributed by atoms with Gasteiger partial charge in [0, 0.05) is 16.3 Å². The van der Waals surface area contributed by atoms with Crippen LogP contribution in [-0.4, -0.2) is 36.6 Å². The van der Waals surface area contributed by atoms with Gasteiger partial charge in [-0.3, -0.25) is 19.3 Å². The first-order chi connectivity index (χ1) is 23.3. The maximum absolute atomic E-state index is 13.7. The number of carbonyl (C=O) groups is 1. The van der Waals surface area contributed by atoms with E-state index in [-0.39, 0.29) is 28.0 Å². The van der Waals surface area contributed by atoms with E-state index in [1.54, 1.807) is 42.5 Å². The summed E-state index contributed by atoms with van der Waals surface area (Å²) >= 11 is 12.5. The molecule has 0 saturated carbocycles. The molecule has 0 bridgehead atoms. The van der Waals surface area contributed by atoms with Gasteiger partial charge >= 0.3 is 0 Å². The molecular weight excluding hydrogens is 661 g/mol. The number of aromatic amines is 1. The average Bonchev–Trinajstić information content (AvgIpc) is 3.72. The molecule has 0 aliphatic rings. The highest BCUT2D eigenvalue weighted by Gasteiger charge is 2.29. The Bertz CT molecular complexity index is 1980. The van der Waals surface area contributed by atoms with Crippen LogP contribution in [0.25, 0.3) is 11.4 Å². The Morgan fingerprint density at radius 1 is 0.918 bits per heavy atom. The number of carbonyl (C=O) groups excluding carboxylic acids is 1. The van der Waals surface area contributed by atoms with Gasteiger partial charge in [0.15, 0.2) is 17.6 Å². The molecule has 0 aliphatic carbocycles. The third kappa shape index (κ3) is 7.71. The highest BCUT2D eigenvalue weighted by atomic mass is 35.5. The Morgan fingerprint density at radius 2 is 1.59 bits per heavy atom. The molecule has 0 saturated heterocycles. The first-order valence-corrected chi connectivity index (χ1v) is 17.2. The fourth-order valence-electron chi connectivity index (χ4n) is 5.35. The Balaban J connectivity index is 1.38. The van der Waals surface area contributed by atoms with Crippen LogP contribution in [0.2, 0.25) is 10.0 Å². The normalized spacial score (nSPS) is 12.5. The summed E-state index contributed by atoms with van der Waals surface area (Å²) in [7, 11) is 0. The van der Waals surface area contributed by atoms with Crippen LogP contribution < -0.4 is 20.9 Å². The van der Waals surface area contributed by atoms with Gasteiger partial charge in [-0.05, 0) is 84.2 Å². The summed E-state index contributed by atoms with van der Waals surface area (Å²) in [6.45, 7) is 15.2. The Labute approximate surface area is 296 Å². The smallest absolute Gasteiger partial charge is 0.297 e. The predicted octanol–water partition coefficient (Wildman–Crippen LogP) is 8.97. The van der Waals surface area contributed by atoms with Gasteiger partial charge in [-0.25, -0.2) is 4.68 Å². The van der Waals surface area contributed by atoms with Crippen LogP contribution in [0.5, 0.6) is 5.75 Å². The fraction of sp³-hybridized carbons (Fsp3) is 0.351. The van der Waals surface area contributed by atoms with E-state index in [2.05, 4.69) is 79.6 Å². The number of amides is 1. The van der Waals surface area contributed by atoms with Crippen molar-refractivity contribution in [1.82, 2.24) is 24.5 Å². The molecule has 5 aromatic rings. The molecule has 1 atom stereocenters. The number of hydrogen-bond acceptors (Lipinski definition) is 6. The number of halogens is 2. The molecule has 49 heavy (non-hydrogen) atoms. The van der Waals surface area contributed by atoms with Gasteiger partial charge in [0.05, 0.1) is 16.4 Å². The fourth-order valence-corrected chi connectivity index (χ4v) is 5.80. The van der Waals surface area contributed by atoms with E-state index in [0.29, 0.717) is 39.3 Å². The minimum absolute atomic E-state index is 0.0246. The predicted molar refractivity (Wildman–Crippen MR) is 197 cm³/mol. The molecule has 0 fully saturated rings. The summed E-state index contributed by atoms with van der Waals surface area (Å²) in [6, 6.07) is 18.3. The largest absolute Gasteiger partial charge is 0.480 e. The van der Waals surface area contributed by atoms with Crippen molar-refractivity contribution in [3.05, 3.63) is 105 Å². The first kappa shape index (κ1) is 35.8.